The Morgan fingerprint density at radius 2 is 2.22 bits per heavy atom. The van der Waals surface area contributed by atoms with Gasteiger partial charge in [-0.1, -0.05) is 25.1 Å². The van der Waals surface area contributed by atoms with Crippen molar-refractivity contribution in [3.63, 3.8) is 0 Å². The minimum Gasteiger partial charge on any atom is -0.324 e. The van der Waals surface area contributed by atoms with E-state index in [9.17, 15) is 4.79 Å². The first-order chi connectivity index (χ1) is 11.1. The first-order valence-corrected chi connectivity index (χ1v) is 9.16. The number of nitrogens with one attached hydrogen (secondary N) is 1. The normalized spacial score (nSPS) is 17.8. The minimum absolute atomic E-state index is 0.0829. The lowest BCUT2D eigenvalue weighted by Gasteiger charge is -2.33. The van der Waals surface area contributed by atoms with Crippen molar-refractivity contribution in [2.24, 2.45) is 0 Å². The molecule has 23 heavy (non-hydrogen) atoms. The van der Waals surface area contributed by atoms with Crippen molar-refractivity contribution in [3.8, 4) is 0 Å². The average molecular weight is 328 g/mol. The van der Waals surface area contributed by atoms with Gasteiger partial charge >= 0.3 is 0 Å². The van der Waals surface area contributed by atoms with Crippen LogP contribution in [0.3, 0.4) is 0 Å². The van der Waals surface area contributed by atoms with Crippen LogP contribution in [0.15, 0.2) is 29.6 Å². The number of amides is 1. The smallest absolute Gasteiger partial charge is 0.238 e. The van der Waals surface area contributed by atoms with Crippen LogP contribution in [0.25, 0.3) is 0 Å². The second kappa shape index (κ2) is 6.85. The van der Waals surface area contributed by atoms with E-state index in [-0.39, 0.29) is 5.91 Å². The van der Waals surface area contributed by atoms with Crippen molar-refractivity contribution in [2.75, 3.05) is 18.4 Å². The van der Waals surface area contributed by atoms with E-state index in [0.29, 0.717) is 12.6 Å². The van der Waals surface area contributed by atoms with E-state index in [1.807, 2.05) is 11.3 Å². The molecule has 0 bridgehead atoms. The van der Waals surface area contributed by atoms with Crippen molar-refractivity contribution in [2.45, 2.75) is 39.7 Å². The van der Waals surface area contributed by atoms with E-state index in [2.05, 4.69) is 60.6 Å². The summed E-state index contributed by atoms with van der Waals surface area (Å²) < 4.78 is 0. The highest BCUT2D eigenvalue weighted by atomic mass is 32.1. The topological polar surface area (TPSA) is 32.3 Å². The van der Waals surface area contributed by atoms with E-state index in [1.54, 1.807) is 0 Å². The number of para-hydroxylation sites is 1. The van der Waals surface area contributed by atoms with Gasteiger partial charge in [0.25, 0.3) is 0 Å². The second-order valence-electron chi connectivity index (χ2n) is 6.21. The zero-order valence-electron chi connectivity index (χ0n) is 14.1. The molecule has 0 saturated carbocycles. The third-order valence-corrected chi connectivity index (χ3v) is 5.75. The van der Waals surface area contributed by atoms with E-state index < -0.39 is 0 Å². The number of carbonyl (C=O) groups excluding carboxylic acids is 1. The molecule has 1 atom stereocenters. The fraction of sp³-hybridized carbons (Fsp3) is 0.421. The Morgan fingerprint density at radius 1 is 1.39 bits per heavy atom. The van der Waals surface area contributed by atoms with Gasteiger partial charge in [0, 0.05) is 23.2 Å². The molecule has 1 aromatic heterocycles. The summed E-state index contributed by atoms with van der Waals surface area (Å²) in [6.07, 6.45) is 1.98. The molecule has 3 nitrogen and oxygen atoms in total. The van der Waals surface area contributed by atoms with Gasteiger partial charge in [0.15, 0.2) is 0 Å². The zero-order chi connectivity index (χ0) is 16.4. The number of rotatable bonds is 4. The van der Waals surface area contributed by atoms with Crippen molar-refractivity contribution in [3.05, 3.63) is 51.2 Å². The maximum atomic E-state index is 12.5. The van der Waals surface area contributed by atoms with Gasteiger partial charge in [-0.05, 0) is 54.8 Å². The van der Waals surface area contributed by atoms with E-state index >= 15 is 0 Å². The highest BCUT2D eigenvalue weighted by molar-refractivity contribution is 7.10. The molecule has 1 N–H and O–H groups in total. The van der Waals surface area contributed by atoms with Crippen LogP contribution in [0.2, 0.25) is 0 Å². The third kappa shape index (κ3) is 3.33. The Bertz CT molecular complexity index is 707. The van der Waals surface area contributed by atoms with E-state index in [0.717, 1.165) is 30.6 Å². The quantitative estimate of drug-likeness (QED) is 0.913. The molecule has 1 aromatic carbocycles. The summed E-state index contributed by atoms with van der Waals surface area (Å²) in [5.41, 5.74) is 4.70. The fourth-order valence-electron chi connectivity index (χ4n) is 3.34. The van der Waals surface area contributed by atoms with Crippen LogP contribution < -0.4 is 5.32 Å². The van der Waals surface area contributed by atoms with Crippen LogP contribution in [0, 0.1) is 6.92 Å². The minimum atomic E-state index is 0.0829. The number of hydrogen-bond donors (Lipinski definition) is 1. The summed E-state index contributed by atoms with van der Waals surface area (Å²) in [5, 5.41) is 5.30. The predicted molar refractivity (Wildman–Crippen MR) is 97.2 cm³/mol. The highest BCUT2D eigenvalue weighted by Gasteiger charge is 2.26. The number of carbonyl (C=O) groups is 1. The van der Waals surface area contributed by atoms with Gasteiger partial charge in [-0.3, -0.25) is 9.69 Å². The van der Waals surface area contributed by atoms with Crippen LogP contribution in [0.4, 0.5) is 5.69 Å². The van der Waals surface area contributed by atoms with E-state index in [1.165, 1.54) is 16.0 Å². The van der Waals surface area contributed by atoms with Crippen LogP contribution in [0.1, 0.15) is 41.5 Å². The molecule has 2 aromatic rings. The van der Waals surface area contributed by atoms with Crippen molar-refractivity contribution in [1.29, 1.82) is 0 Å². The van der Waals surface area contributed by atoms with Gasteiger partial charge < -0.3 is 5.32 Å². The molecule has 1 amide bonds. The Hall–Kier alpha value is -1.65. The molecule has 0 fully saturated rings. The van der Waals surface area contributed by atoms with Crippen molar-refractivity contribution in [1.82, 2.24) is 4.90 Å². The molecule has 3 rings (SSSR count). The second-order valence-corrected chi connectivity index (χ2v) is 7.21. The molecule has 4 heteroatoms. The summed E-state index contributed by atoms with van der Waals surface area (Å²) in [4.78, 5) is 16.3. The fourth-order valence-corrected chi connectivity index (χ4v) is 4.31. The largest absolute Gasteiger partial charge is 0.324 e. The lowest BCUT2D eigenvalue weighted by molar-refractivity contribution is -0.117. The third-order valence-electron chi connectivity index (χ3n) is 4.75. The summed E-state index contributed by atoms with van der Waals surface area (Å²) in [6.45, 7) is 7.78. The first kappa shape index (κ1) is 16.2. The van der Waals surface area contributed by atoms with Crippen LogP contribution in [-0.4, -0.2) is 23.9 Å². The Balaban J connectivity index is 1.69. The molecule has 0 radical (unpaired) electrons. The summed E-state index contributed by atoms with van der Waals surface area (Å²) >= 11 is 1.83. The maximum absolute atomic E-state index is 12.5. The molecular formula is C19H24N2OS. The number of fused-ring (bicyclic) bond motifs is 1. The van der Waals surface area contributed by atoms with Gasteiger partial charge in [0.1, 0.15) is 0 Å². The summed E-state index contributed by atoms with van der Waals surface area (Å²) in [7, 11) is 0. The van der Waals surface area contributed by atoms with Gasteiger partial charge in [-0.2, -0.15) is 0 Å². The Kier molecular flexibility index (Phi) is 4.83. The summed E-state index contributed by atoms with van der Waals surface area (Å²) in [5.74, 6) is 0.0829. The number of nitrogens with zero attached hydrogens (tertiary/aromatic N) is 1. The summed E-state index contributed by atoms with van der Waals surface area (Å²) in [6, 6.07) is 8.71. The van der Waals surface area contributed by atoms with Crippen LogP contribution >= 0.6 is 11.3 Å². The Morgan fingerprint density at radius 3 is 3.00 bits per heavy atom. The number of benzene rings is 1. The molecule has 0 spiro atoms. The van der Waals surface area contributed by atoms with Gasteiger partial charge in [-0.25, -0.2) is 0 Å². The molecule has 2 heterocycles. The molecule has 122 valence electrons. The molecule has 1 aliphatic rings. The van der Waals surface area contributed by atoms with Gasteiger partial charge in [-0.15, -0.1) is 11.3 Å². The lowest BCUT2D eigenvalue weighted by atomic mass is 10.0. The number of hydrogen-bond acceptors (Lipinski definition) is 3. The molecule has 0 saturated heterocycles. The first-order valence-electron chi connectivity index (χ1n) is 8.28. The lowest BCUT2D eigenvalue weighted by Crippen LogP contribution is -2.39. The molecule has 0 unspecified atom stereocenters. The SMILES string of the molecule is CCc1cccc(C)c1NC(=O)CN1CCc2sccc2[C@@H]1C. The van der Waals surface area contributed by atoms with Crippen LogP contribution in [-0.2, 0) is 17.6 Å². The Labute approximate surface area is 142 Å². The van der Waals surface area contributed by atoms with Gasteiger partial charge in [0.2, 0.25) is 5.91 Å². The van der Waals surface area contributed by atoms with Crippen molar-refractivity contribution >= 4 is 22.9 Å². The standard InChI is InChI=1S/C19H24N2OS/c1-4-15-7-5-6-13(2)19(15)20-18(22)12-21-10-8-17-16(14(21)3)9-11-23-17/h5-7,9,11,14H,4,8,10,12H2,1-3H3,(H,20,22)/t14-/m0/s1. The predicted octanol–water partition coefficient (Wildman–Crippen LogP) is 4.18. The van der Waals surface area contributed by atoms with Crippen molar-refractivity contribution < 1.29 is 4.79 Å². The number of thiophene rings is 1. The van der Waals surface area contributed by atoms with Gasteiger partial charge in [0.05, 0.1) is 6.54 Å². The molecular weight excluding hydrogens is 304 g/mol. The zero-order valence-corrected chi connectivity index (χ0v) is 14.9. The van der Waals surface area contributed by atoms with E-state index in [4.69, 9.17) is 0 Å². The van der Waals surface area contributed by atoms with Crippen LogP contribution in [0.5, 0.6) is 0 Å². The highest BCUT2D eigenvalue weighted by Crippen LogP contribution is 2.32. The molecule has 0 aliphatic carbocycles. The maximum Gasteiger partial charge on any atom is 0.238 e. The average Bonchev–Trinajstić information content (AvgIpc) is 3.01. The monoisotopic (exact) mass is 328 g/mol. The number of anilines is 1. The molecule has 1 aliphatic heterocycles. The number of aryl methyl sites for hydroxylation is 2.